The third-order valence-corrected chi connectivity index (χ3v) is 7.15. The van der Waals surface area contributed by atoms with Gasteiger partial charge in [-0.15, -0.1) is 0 Å². The molecule has 0 radical (unpaired) electrons. The Morgan fingerprint density at radius 2 is 1.81 bits per heavy atom. The fraction of sp³-hybridized carbons (Fsp3) is 0.286. The molecule has 1 aliphatic heterocycles. The van der Waals surface area contributed by atoms with E-state index < -0.39 is 39.5 Å². The van der Waals surface area contributed by atoms with Crippen LogP contribution in [0.15, 0.2) is 66.1 Å². The number of benzene rings is 2. The van der Waals surface area contributed by atoms with Crippen molar-refractivity contribution >= 4 is 15.7 Å². The number of aryl methyl sites for hydroxylation is 1. The lowest BCUT2D eigenvalue weighted by Crippen LogP contribution is -2.32. The number of halogens is 4. The zero-order valence-electron chi connectivity index (χ0n) is 16.9. The SMILES string of the molecule is Cn1cnc(S(=O)(=O)N2C[C@H](Nc3cc(C(F)(F)F)ccc3F)[C@@H](c3ccccc3)C2)c1. The Labute approximate surface area is 182 Å². The van der Waals surface area contributed by atoms with Crippen LogP contribution in [0.1, 0.15) is 17.0 Å². The number of sulfonamides is 1. The second kappa shape index (κ2) is 8.21. The summed E-state index contributed by atoms with van der Waals surface area (Å²) in [4.78, 5) is 3.92. The van der Waals surface area contributed by atoms with Gasteiger partial charge in [-0.2, -0.15) is 17.5 Å². The molecule has 170 valence electrons. The number of rotatable bonds is 5. The van der Waals surface area contributed by atoms with Gasteiger partial charge >= 0.3 is 6.18 Å². The van der Waals surface area contributed by atoms with Gasteiger partial charge in [0.2, 0.25) is 0 Å². The summed E-state index contributed by atoms with van der Waals surface area (Å²) in [6.07, 6.45) is -1.89. The topological polar surface area (TPSA) is 67.2 Å². The van der Waals surface area contributed by atoms with Crippen molar-refractivity contribution in [1.29, 1.82) is 0 Å². The molecule has 11 heteroatoms. The van der Waals surface area contributed by atoms with Gasteiger partial charge in [-0.1, -0.05) is 30.3 Å². The van der Waals surface area contributed by atoms with Gasteiger partial charge < -0.3 is 9.88 Å². The third kappa shape index (κ3) is 4.35. The molecule has 2 heterocycles. The highest BCUT2D eigenvalue weighted by molar-refractivity contribution is 7.89. The predicted octanol–water partition coefficient (Wildman–Crippen LogP) is 3.85. The molecule has 1 saturated heterocycles. The second-order valence-electron chi connectivity index (χ2n) is 7.66. The summed E-state index contributed by atoms with van der Waals surface area (Å²) in [5, 5.41) is 2.70. The van der Waals surface area contributed by atoms with E-state index in [2.05, 4.69) is 10.3 Å². The fourth-order valence-corrected chi connectivity index (χ4v) is 5.27. The van der Waals surface area contributed by atoms with E-state index in [-0.39, 0.29) is 23.8 Å². The summed E-state index contributed by atoms with van der Waals surface area (Å²) in [5.74, 6) is -1.26. The lowest BCUT2D eigenvalue weighted by atomic mass is 9.94. The molecule has 2 aromatic carbocycles. The molecule has 1 N–H and O–H groups in total. The standard InChI is InChI=1S/C21H20F4N4O2S/c1-28-12-20(26-13-28)32(30,31)29-10-16(14-5-3-2-4-6-14)19(11-29)27-18-9-15(21(23,24)25)7-8-17(18)22/h2-9,12-13,16,19,27H,10-11H2,1H3/t16-,19+/m1/s1. The van der Waals surface area contributed by atoms with Crippen molar-refractivity contribution in [3.8, 4) is 0 Å². The Hall–Kier alpha value is -2.92. The summed E-state index contributed by atoms with van der Waals surface area (Å²) in [6, 6.07) is 10.4. The molecule has 0 aliphatic carbocycles. The predicted molar refractivity (Wildman–Crippen MR) is 110 cm³/mol. The van der Waals surface area contributed by atoms with Crippen LogP contribution in [0, 0.1) is 5.82 Å². The summed E-state index contributed by atoms with van der Waals surface area (Å²) < 4.78 is 82.6. The number of nitrogens with zero attached hydrogens (tertiary/aromatic N) is 3. The molecule has 6 nitrogen and oxygen atoms in total. The second-order valence-corrected chi connectivity index (χ2v) is 9.54. The Bertz CT molecular complexity index is 1210. The quantitative estimate of drug-likeness (QED) is 0.578. The van der Waals surface area contributed by atoms with E-state index in [1.54, 1.807) is 37.4 Å². The average Bonchev–Trinajstić information content (AvgIpc) is 3.37. The van der Waals surface area contributed by atoms with Crippen LogP contribution in [-0.4, -0.2) is 41.4 Å². The molecule has 4 rings (SSSR count). The highest BCUT2D eigenvalue weighted by Crippen LogP contribution is 2.36. The van der Waals surface area contributed by atoms with Crippen LogP contribution >= 0.6 is 0 Å². The van der Waals surface area contributed by atoms with E-state index in [0.29, 0.717) is 12.1 Å². The number of aromatic nitrogens is 2. The van der Waals surface area contributed by atoms with E-state index in [1.807, 2.05) is 0 Å². The lowest BCUT2D eigenvalue weighted by molar-refractivity contribution is -0.137. The maximum Gasteiger partial charge on any atom is 0.416 e. The van der Waals surface area contributed by atoms with E-state index in [4.69, 9.17) is 0 Å². The van der Waals surface area contributed by atoms with Crippen LogP contribution in [-0.2, 0) is 23.2 Å². The molecule has 0 unspecified atom stereocenters. The monoisotopic (exact) mass is 468 g/mol. The Morgan fingerprint density at radius 1 is 1.09 bits per heavy atom. The first-order chi connectivity index (χ1) is 15.1. The zero-order chi connectivity index (χ0) is 23.1. The smallest absolute Gasteiger partial charge is 0.378 e. The minimum Gasteiger partial charge on any atom is -0.378 e. The van der Waals surface area contributed by atoms with Crippen LogP contribution in [0.5, 0.6) is 0 Å². The normalized spacial score (nSPS) is 19.9. The summed E-state index contributed by atoms with van der Waals surface area (Å²) in [7, 11) is -2.30. The molecular weight excluding hydrogens is 448 g/mol. The van der Waals surface area contributed by atoms with Crippen molar-refractivity contribution in [3.05, 3.63) is 78.0 Å². The van der Waals surface area contributed by atoms with E-state index >= 15 is 0 Å². The Kier molecular flexibility index (Phi) is 5.72. The van der Waals surface area contributed by atoms with Crippen molar-refractivity contribution in [3.63, 3.8) is 0 Å². The maximum atomic E-state index is 14.4. The Morgan fingerprint density at radius 3 is 2.44 bits per heavy atom. The molecule has 1 aromatic heterocycles. The molecule has 0 amide bonds. The summed E-state index contributed by atoms with van der Waals surface area (Å²) in [6.45, 7) is 0.00925. The van der Waals surface area contributed by atoms with Gasteiger partial charge in [-0.05, 0) is 23.8 Å². The first-order valence-corrected chi connectivity index (χ1v) is 11.2. The summed E-state index contributed by atoms with van der Waals surface area (Å²) >= 11 is 0. The molecule has 0 saturated carbocycles. The van der Waals surface area contributed by atoms with E-state index in [9.17, 15) is 26.0 Å². The molecular formula is C21H20F4N4O2S. The van der Waals surface area contributed by atoms with Crippen LogP contribution in [0.2, 0.25) is 0 Å². The maximum absolute atomic E-state index is 14.4. The van der Waals surface area contributed by atoms with Gasteiger partial charge in [0.15, 0.2) is 5.03 Å². The van der Waals surface area contributed by atoms with Gasteiger partial charge in [0.05, 0.1) is 17.6 Å². The highest BCUT2D eigenvalue weighted by Gasteiger charge is 2.41. The molecule has 0 spiro atoms. The average molecular weight is 468 g/mol. The molecule has 0 bridgehead atoms. The number of hydrogen-bond donors (Lipinski definition) is 1. The number of hydrogen-bond acceptors (Lipinski definition) is 4. The minimum absolute atomic E-state index is 0.0614. The van der Waals surface area contributed by atoms with E-state index in [1.165, 1.54) is 21.4 Å². The van der Waals surface area contributed by atoms with Crippen molar-refractivity contribution in [1.82, 2.24) is 13.9 Å². The van der Waals surface area contributed by atoms with Gasteiger partial charge in [0, 0.05) is 38.3 Å². The minimum atomic E-state index is -4.63. The first-order valence-electron chi connectivity index (χ1n) is 9.72. The zero-order valence-corrected chi connectivity index (χ0v) is 17.7. The van der Waals surface area contributed by atoms with Gasteiger partial charge in [0.25, 0.3) is 10.0 Å². The number of anilines is 1. The van der Waals surface area contributed by atoms with Gasteiger partial charge in [-0.25, -0.2) is 17.8 Å². The fourth-order valence-electron chi connectivity index (χ4n) is 3.81. The molecule has 3 aromatic rings. The Balaban J connectivity index is 1.68. The number of imidazole rings is 1. The van der Waals surface area contributed by atoms with E-state index in [0.717, 1.165) is 11.6 Å². The largest absolute Gasteiger partial charge is 0.416 e. The van der Waals surface area contributed by atoms with Gasteiger partial charge in [0.1, 0.15) is 5.82 Å². The molecule has 1 aliphatic rings. The van der Waals surface area contributed by atoms with Crippen molar-refractivity contribution in [2.45, 2.75) is 23.2 Å². The summed E-state index contributed by atoms with van der Waals surface area (Å²) in [5.41, 5.74) is -0.535. The number of nitrogens with one attached hydrogen (secondary N) is 1. The van der Waals surface area contributed by atoms with Gasteiger partial charge in [-0.3, -0.25) is 0 Å². The third-order valence-electron chi connectivity index (χ3n) is 5.43. The molecule has 1 fully saturated rings. The van der Waals surface area contributed by atoms with Crippen LogP contribution < -0.4 is 5.32 Å². The molecule has 32 heavy (non-hydrogen) atoms. The van der Waals surface area contributed by atoms with Crippen molar-refractivity contribution in [2.24, 2.45) is 7.05 Å². The highest BCUT2D eigenvalue weighted by atomic mass is 32.2. The molecule has 2 atom stereocenters. The first kappa shape index (κ1) is 22.3. The van der Waals surface area contributed by atoms with Crippen LogP contribution in [0.4, 0.5) is 23.2 Å². The van der Waals surface area contributed by atoms with Crippen LogP contribution in [0.3, 0.4) is 0 Å². The van der Waals surface area contributed by atoms with Crippen LogP contribution in [0.25, 0.3) is 0 Å². The van der Waals surface area contributed by atoms with Crippen molar-refractivity contribution < 1.29 is 26.0 Å². The lowest BCUT2D eigenvalue weighted by Gasteiger charge is -2.22. The van der Waals surface area contributed by atoms with Crippen molar-refractivity contribution in [2.75, 3.05) is 18.4 Å². The number of alkyl halides is 3.